The Morgan fingerprint density at radius 3 is 2.58 bits per heavy atom. The maximum atomic E-state index is 5.98. The van der Waals surface area contributed by atoms with E-state index in [1.165, 1.54) is 0 Å². The van der Waals surface area contributed by atoms with Crippen LogP contribution in [0.3, 0.4) is 0 Å². The maximum absolute atomic E-state index is 5.98. The number of ether oxygens (including phenoxy) is 3. The largest absolute Gasteiger partial charge is 0.497 e. The quantitative estimate of drug-likeness (QED) is 0.471. The Hall–Kier alpha value is -2.99. The van der Waals surface area contributed by atoms with Crippen LogP contribution < -0.4 is 14.2 Å². The van der Waals surface area contributed by atoms with Crippen molar-refractivity contribution in [3.8, 4) is 27.8 Å². The van der Waals surface area contributed by atoms with Crippen molar-refractivity contribution in [1.29, 1.82) is 0 Å². The van der Waals surface area contributed by atoms with Gasteiger partial charge in [-0.05, 0) is 30.3 Å². The van der Waals surface area contributed by atoms with Gasteiger partial charge in [-0.25, -0.2) is 4.98 Å². The molecule has 2 aromatic carbocycles. The zero-order chi connectivity index (χ0) is 17.9. The third-order valence-corrected chi connectivity index (χ3v) is 4.95. The fourth-order valence-corrected chi connectivity index (χ4v) is 3.45. The smallest absolute Gasteiger partial charge is 0.141 e. The zero-order valence-corrected chi connectivity index (χ0v) is 15.2. The number of furan rings is 1. The number of fused-ring (bicyclic) bond motifs is 1. The summed E-state index contributed by atoms with van der Waals surface area (Å²) in [6.45, 7) is 0.375. The van der Waals surface area contributed by atoms with E-state index < -0.39 is 0 Å². The third kappa shape index (κ3) is 3.23. The molecule has 4 aromatic rings. The van der Waals surface area contributed by atoms with Gasteiger partial charge in [-0.1, -0.05) is 0 Å². The molecule has 0 aliphatic rings. The fourth-order valence-electron chi connectivity index (χ4n) is 2.64. The molecule has 0 spiro atoms. The number of benzene rings is 2. The normalized spacial score (nSPS) is 10.8. The van der Waals surface area contributed by atoms with Crippen LogP contribution in [0.15, 0.2) is 58.5 Å². The Morgan fingerprint density at radius 1 is 1.00 bits per heavy atom. The number of aromatic nitrogens is 1. The summed E-state index contributed by atoms with van der Waals surface area (Å²) in [6, 6.07) is 13.4. The summed E-state index contributed by atoms with van der Waals surface area (Å²) in [5.41, 5.74) is 2.66. The molecule has 5 nitrogen and oxygen atoms in total. The van der Waals surface area contributed by atoms with Crippen molar-refractivity contribution >= 4 is 22.3 Å². The molecule has 6 heteroatoms. The Labute approximate surface area is 154 Å². The molecular formula is C20H17NO4S. The van der Waals surface area contributed by atoms with E-state index in [1.54, 1.807) is 31.8 Å². The molecule has 0 saturated carbocycles. The lowest BCUT2D eigenvalue weighted by Gasteiger charge is -2.08. The van der Waals surface area contributed by atoms with Gasteiger partial charge in [0.2, 0.25) is 0 Å². The second-order valence-corrected chi connectivity index (χ2v) is 6.48. The summed E-state index contributed by atoms with van der Waals surface area (Å²) >= 11 is 1.59. The van der Waals surface area contributed by atoms with Crippen LogP contribution in [0.4, 0.5) is 0 Å². The highest BCUT2D eigenvalue weighted by molar-refractivity contribution is 7.13. The second kappa shape index (κ2) is 7.09. The van der Waals surface area contributed by atoms with Crippen LogP contribution in [0, 0.1) is 0 Å². The van der Waals surface area contributed by atoms with E-state index in [1.807, 2.05) is 47.8 Å². The number of hydrogen-bond donors (Lipinski definition) is 0. The Balaban J connectivity index is 1.52. The molecule has 0 radical (unpaired) electrons. The molecule has 0 atom stereocenters. The summed E-state index contributed by atoms with van der Waals surface area (Å²) in [5.74, 6) is 2.24. The average molecular weight is 367 g/mol. The van der Waals surface area contributed by atoms with E-state index in [9.17, 15) is 0 Å². The van der Waals surface area contributed by atoms with Crippen molar-refractivity contribution in [2.24, 2.45) is 0 Å². The van der Waals surface area contributed by atoms with Gasteiger partial charge >= 0.3 is 0 Å². The minimum Gasteiger partial charge on any atom is -0.497 e. The Morgan fingerprint density at radius 2 is 1.81 bits per heavy atom. The molecule has 2 heterocycles. The molecule has 26 heavy (non-hydrogen) atoms. The summed E-state index contributed by atoms with van der Waals surface area (Å²) in [7, 11) is 3.28. The number of thiazole rings is 1. The second-order valence-electron chi connectivity index (χ2n) is 5.62. The van der Waals surface area contributed by atoms with E-state index in [-0.39, 0.29) is 0 Å². The monoisotopic (exact) mass is 367 g/mol. The topological polar surface area (TPSA) is 53.7 Å². The molecule has 0 aliphatic heterocycles. The number of methoxy groups -OCH3 is 2. The van der Waals surface area contributed by atoms with Crippen LogP contribution in [0.5, 0.6) is 17.2 Å². The third-order valence-electron chi connectivity index (χ3n) is 4.01. The number of rotatable bonds is 6. The highest BCUT2D eigenvalue weighted by Gasteiger charge is 2.10. The Kier molecular flexibility index (Phi) is 4.50. The van der Waals surface area contributed by atoms with E-state index >= 15 is 0 Å². The SMILES string of the molecule is COc1ccc(-c2nc(COc3cc(OC)cc4occc34)cs2)cc1. The van der Waals surface area contributed by atoms with E-state index in [0.29, 0.717) is 18.1 Å². The maximum Gasteiger partial charge on any atom is 0.141 e. The molecule has 0 N–H and O–H groups in total. The first-order valence-corrected chi connectivity index (χ1v) is 8.91. The van der Waals surface area contributed by atoms with Gasteiger partial charge in [-0.15, -0.1) is 11.3 Å². The van der Waals surface area contributed by atoms with Crippen LogP contribution in [0.2, 0.25) is 0 Å². The van der Waals surface area contributed by atoms with Gasteiger partial charge < -0.3 is 18.6 Å². The zero-order valence-electron chi connectivity index (χ0n) is 14.4. The van der Waals surface area contributed by atoms with Gasteiger partial charge in [0.1, 0.15) is 34.4 Å². The minimum atomic E-state index is 0.375. The predicted molar refractivity (Wildman–Crippen MR) is 101 cm³/mol. The minimum absolute atomic E-state index is 0.375. The molecule has 4 rings (SSSR count). The summed E-state index contributed by atoms with van der Waals surface area (Å²) < 4.78 is 21.9. The van der Waals surface area contributed by atoms with Gasteiger partial charge in [-0.2, -0.15) is 0 Å². The highest BCUT2D eigenvalue weighted by atomic mass is 32.1. The lowest BCUT2D eigenvalue weighted by molar-refractivity contribution is 0.303. The number of hydrogen-bond acceptors (Lipinski definition) is 6. The van der Waals surface area contributed by atoms with E-state index in [0.717, 1.165) is 33.0 Å². The molecule has 2 aromatic heterocycles. The summed E-state index contributed by atoms with van der Waals surface area (Å²) in [6.07, 6.45) is 1.64. The number of nitrogens with zero attached hydrogens (tertiary/aromatic N) is 1. The molecule has 0 bridgehead atoms. The van der Waals surface area contributed by atoms with E-state index in [4.69, 9.17) is 18.6 Å². The molecule has 132 valence electrons. The molecule has 0 saturated heterocycles. The van der Waals surface area contributed by atoms with Gasteiger partial charge in [0, 0.05) is 23.1 Å². The van der Waals surface area contributed by atoms with Crippen molar-refractivity contribution in [2.75, 3.05) is 14.2 Å². The van der Waals surface area contributed by atoms with Crippen LogP contribution in [-0.2, 0) is 6.61 Å². The van der Waals surface area contributed by atoms with Gasteiger partial charge in [0.15, 0.2) is 0 Å². The van der Waals surface area contributed by atoms with Gasteiger partial charge in [0.05, 0.1) is 31.6 Å². The van der Waals surface area contributed by atoms with Gasteiger partial charge in [-0.3, -0.25) is 0 Å². The van der Waals surface area contributed by atoms with Crippen molar-refractivity contribution in [3.05, 3.63) is 59.8 Å². The van der Waals surface area contributed by atoms with Crippen LogP contribution in [0.1, 0.15) is 5.69 Å². The molecule has 0 amide bonds. The molecule has 0 fully saturated rings. The van der Waals surface area contributed by atoms with Crippen molar-refractivity contribution in [2.45, 2.75) is 6.61 Å². The predicted octanol–water partition coefficient (Wildman–Crippen LogP) is 5.15. The van der Waals surface area contributed by atoms with E-state index in [2.05, 4.69) is 4.98 Å². The first-order chi connectivity index (χ1) is 12.8. The lowest BCUT2D eigenvalue weighted by Crippen LogP contribution is -1.97. The van der Waals surface area contributed by atoms with Crippen molar-refractivity contribution in [1.82, 2.24) is 4.98 Å². The molecule has 0 aliphatic carbocycles. The first kappa shape index (κ1) is 16.5. The standard InChI is InChI=1S/C20H17NO4S/c1-22-15-5-3-13(4-6-15)20-21-14(12-26-20)11-25-19-10-16(23-2)9-18-17(19)7-8-24-18/h3-10,12H,11H2,1-2H3. The average Bonchev–Trinajstić information content (AvgIpc) is 3.35. The van der Waals surface area contributed by atoms with Crippen LogP contribution in [-0.4, -0.2) is 19.2 Å². The first-order valence-electron chi connectivity index (χ1n) is 8.03. The summed E-state index contributed by atoms with van der Waals surface area (Å²) in [5, 5.41) is 3.87. The Bertz CT molecular complexity index is 1020. The van der Waals surface area contributed by atoms with Crippen molar-refractivity contribution in [3.63, 3.8) is 0 Å². The van der Waals surface area contributed by atoms with Crippen molar-refractivity contribution < 1.29 is 18.6 Å². The highest BCUT2D eigenvalue weighted by Crippen LogP contribution is 2.33. The summed E-state index contributed by atoms with van der Waals surface area (Å²) in [4.78, 5) is 4.66. The van der Waals surface area contributed by atoms with Crippen LogP contribution in [0.25, 0.3) is 21.5 Å². The lowest BCUT2D eigenvalue weighted by atomic mass is 10.2. The van der Waals surface area contributed by atoms with Gasteiger partial charge in [0.25, 0.3) is 0 Å². The molecular weight excluding hydrogens is 350 g/mol. The van der Waals surface area contributed by atoms with Crippen LogP contribution >= 0.6 is 11.3 Å². The fraction of sp³-hybridized carbons (Fsp3) is 0.150. The molecule has 0 unspecified atom stereocenters.